The zero-order chi connectivity index (χ0) is 14.4. The Morgan fingerprint density at radius 3 is 2.70 bits per heavy atom. The molecule has 20 heavy (non-hydrogen) atoms. The van der Waals surface area contributed by atoms with E-state index in [1.165, 1.54) is 0 Å². The van der Waals surface area contributed by atoms with Crippen molar-refractivity contribution in [3.05, 3.63) is 0 Å². The molecule has 0 saturated carbocycles. The fourth-order valence-corrected chi connectivity index (χ4v) is 2.94. The maximum atomic E-state index is 11.1. The van der Waals surface area contributed by atoms with Gasteiger partial charge in [-0.3, -0.25) is 9.69 Å². The number of piperidine rings is 1. The van der Waals surface area contributed by atoms with Crippen LogP contribution in [0.1, 0.15) is 26.2 Å². The maximum absolute atomic E-state index is 11.1. The summed E-state index contributed by atoms with van der Waals surface area (Å²) in [6.45, 7) is 5.33. The normalized spacial score (nSPS) is 24.5. The minimum Gasteiger partial charge on any atom is -0.352 e. The summed E-state index contributed by atoms with van der Waals surface area (Å²) >= 11 is 0. The molecule has 1 amide bonds. The number of likely N-dealkylation sites (tertiary alicyclic amines) is 1. The van der Waals surface area contributed by atoms with Gasteiger partial charge in [0, 0.05) is 51.1 Å². The molecule has 2 aliphatic rings. The molecule has 0 radical (unpaired) electrons. The minimum atomic E-state index is 0.0622. The molecule has 0 spiro atoms. The molecule has 0 aromatic rings. The highest BCUT2D eigenvalue weighted by Gasteiger charge is 2.31. The Hall–Kier alpha value is -1.69. The molecular weight excluding hydrogens is 254 g/mol. The SMILES string of the molecule is C#CC#CON1CCC(N2CCC(NC(C)=O)C2)CC1. The van der Waals surface area contributed by atoms with E-state index in [0.717, 1.165) is 45.4 Å². The molecule has 2 saturated heterocycles. The molecule has 5 nitrogen and oxygen atoms in total. The molecule has 2 fully saturated rings. The van der Waals surface area contributed by atoms with Crippen LogP contribution < -0.4 is 5.32 Å². The predicted octanol–water partition coefficient (Wildman–Crippen LogP) is 0.187. The van der Waals surface area contributed by atoms with E-state index in [9.17, 15) is 4.79 Å². The molecule has 0 aliphatic carbocycles. The Morgan fingerprint density at radius 1 is 1.30 bits per heavy atom. The lowest BCUT2D eigenvalue weighted by molar-refractivity contribution is -0.119. The highest BCUT2D eigenvalue weighted by Crippen LogP contribution is 2.21. The van der Waals surface area contributed by atoms with Gasteiger partial charge in [0.1, 0.15) is 0 Å². The lowest BCUT2D eigenvalue weighted by Crippen LogP contribution is -2.45. The van der Waals surface area contributed by atoms with Gasteiger partial charge in [-0.15, -0.1) is 11.5 Å². The van der Waals surface area contributed by atoms with Crippen LogP contribution in [-0.4, -0.2) is 54.1 Å². The Balaban J connectivity index is 1.72. The first-order valence-electron chi connectivity index (χ1n) is 7.07. The predicted molar refractivity (Wildman–Crippen MR) is 76.1 cm³/mol. The number of carbonyl (C=O) groups is 1. The van der Waals surface area contributed by atoms with Crippen molar-refractivity contribution in [1.82, 2.24) is 15.3 Å². The molecule has 108 valence electrons. The van der Waals surface area contributed by atoms with Crippen molar-refractivity contribution < 1.29 is 9.63 Å². The van der Waals surface area contributed by atoms with E-state index in [4.69, 9.17) is 11.3 Å². The molecule has 2 heterocycles. The number of hydrogen-bond donors (Lipinski definition) is 1. The first-order valence-corrected chi connectivity index (χ1v) is 7.07. The van der Waals surface area contributed by atoms with Crippen molar-refractivity contribution >= 4 is 5.91 Å². The number of hydrogen-bond acceptors (Lipinski definition) is 4. The molecule has 2 rings (SSSR count). The van der Waals surface area contributed by atoms with Gasteiger partial charge in [0.25, 0.3) is 0 Å². The van der Waals surface area contributed by atoms with Gasteiger partial charge in [0.2, 0.25) is 5.91 Å². The molecular formula is C15H21N3O2. The fourth-order valence-electron chi connectivity index (χ4n) is 2.94. The average Bonchev–Trinajstić information content (AvgIpc) is 2.87. The zero-order valence-corrected chi connectivity index (χ0v) is 11.9. The van der Waals surface area contributed by atoms with Crippen LogP contribution in [0.3, 0.4) is 0 Å². The molecule has 0 aromatic carbocycles. The summed E-state index contributed by atoms with van der Waals surface area (Å²) in [6.07, 6.45) is 10.7. The first-order chi connectivity index (χ1) is 9.69. The van der Waals surface area contributed by atoms with Gasteiger partial charge in [-0.2, -0.15) is 0 Å². The van der Waals surface area contributed by atoms with Crippen LogP contribution in [0.2, 0.25) is 0 Å². The third-order valence-corrected chi connectivity index (χ3v) is 3.86. The van der Waals surface area contributed by atoms with Crippen molar-refractivity contribution in [2.45, 2.75) is 38.3 Å². The molecule has 1 atom stereocenters. The lowest BCUT2D eigenvalue weighted by Gasteiger charge is -2.34. The number of nitrogens with one attached hydrogen (secondary N) is 1. The smallest absolute Gasteiger partial charge is 0.217 e. The molecule has 1 N–H and O–H groups in total. The first kappa shape index (κ1) is 14.7. The van der Waals surface area contributed by atoms with Crippen molar-refractivity contribution in [2.75, 3.05) is 26.2 Å². The molecule has 0 bridgehead atoms. The summed E-state index contributed by atoms with van der Waals surface area (Å²) in [5, 5.41) is 4.86. The number of amides is 1. The highest BCUT2D eigenvalue weighted by atomic mass is 16.7. The van der Waals surface area contributed by atoms with Crippen LogP contribution in [0.5, 0.6) is 0 Å². The largest absolute Gasteiger partial charge is 0.352 e. The van der Waals surface area contributed by atoms with E-state index in [1.54, 1.807) is 6.92 Å². The van der Waals surface area contributed by atoms with Crippen molar-refractivity contribution in [2.24, 2.45) is 0 Å². The second-order valence-electron chi connectivity index (χ2n) is 5.30. The van der Waals surface area contributed by atoms with Crippen LogP contribution in [0.25, 0.3) is 0 Å². The minimum absolute atomic E-state index is 0.0622. The van der Waals surface area contributed by atoms with Crippen LogP contribution in [0.15, 0.2) is 0 Å². The lowest BCUT2D eigenvalue weighted by atomic mass is 10.1. The highest BCUT2D eigenvalue weighted by molar-refractivity contribution is 5.73. The molecule has 1 unspecified atom stereocenters. The summed E-state index contributed by atoms with van der Waals surface area (Å²) in [4.78, 5) is 18.8. The zero-order valence-electron chi connectivity index (χ0n) is 11.9. The van der Waals surface area contributed by atoms with Gasteiger partial charge in [-0.05, 0) is 25.2 Å². The molecule has 0 aromatic heterocycles. The van der Waals surface area contributed by atoms with E-state index >= 15 is 0 Å². The second kappa shape index (κ2) is 7.19. The van der Waals surface area contributed by atoms with Crippen LogP contribution >= 0.6 is 0 Å². The van der Waals surface area contributed by atoms with E-state index in [0.29, 0.717) is 12.1 Å². The fraction of sp³-hybridized carbons (Fsp3) is 0.667. The van der Waals surface area contributed by atoms with Crippen molar-refractivity contribution in [3.63, 3.8) is 0 Å². The van der Waals surface area contributed by atoms with Gasteiger partial charge < -0.3 is 10.2 Å². The van der Waals surface area contributed by atoms with E-state index < -0.39 is 0 Å². The van der Waals surface area contributed by atoms with Crippen LogP contribution in [0, 0.1) is 24.4 Å². The van der Waals surface area contributed by atoms with Gasteiger partial charge in [0.05, 0.1) is 0 Å². The Kier molecular flexibility index (Phi) is 5.29. The summed E-state index contributed by atoms with van der Waals surface area (Å²) in [7, 11) is 0. The number of nitrogens with zero attached hydrogens (tertiary/aromatic N) is 2. The van der Waals surface area contributed by atoms with Crippen molar-refractivity contribution in [3.8, 4) is 24.4 Å². The Morgan fingerprint density at radius 2 is 2.05 bits per heavy atom. The third kappa shape index (κ3) is 4.16. The van der Waals surface area contributed by atoms with E-state index in [2.05, 4.69) is 28.2 Å². The Labute approximate surface area is 120 Å². The number of terminal acetylenes is 1. The van der Waals surface area contributed by atoms with Gasteiger partial charge >= 0.3 is 0 Å². The third-order valence-electron chi connectivity index (χ3n) is 3.86. The summed E-state index contributed by atoms with van der Waals surface area (Å²) in [5.41, 5.74) is 0. The van der Waals surface area contributed by atoms with Gasteiger partial charge in [-0.25, -0.2) is 0 Å². The van der Waals surface area contributed by atoms with E-state index in [1.807, 2.05) is 5.06 Å². The topological polar surface area (TPSA) is 44.8 Å². The maximum Gasteiger partial charge on any atom is 0.217 e. The number of rotatable bonds is 3. The second-order valence-corrected chi connectivity index (χ2v) is 5.30. The van der Waals surface area contributed by atoms with Crippen LogP contribution in [-0.2, 0) is 9.63 Å². The summed E-state index contributed by atoms with van der Waals surface area (Å²) in [6, 6.07) is 0.887. The number of hydroxylamine groups is 2. The standard InChI is InChI=1S/C15H21N3O2/c1-3-4-11-20-18-9-6-15(7-10-18)17-8-5-14(12-17)16-13(2)19/h1,14-15H,5-10,12H2,2H3,(H,16,19). The van der Waals surface area contributed by atoms with E-state index in [-0.39, 0.29) is 5.91 Å². The Bertz CT molecular complexity index is 438. The monoisotopic (exact) mass is 275 g/mol. The average molecular weight is 275 g/mol. The quantitative estimate of drug-likeness (QED) is 0.747. The van der Waals surface area contributed by atoms with Crippen LogP contribution in [0.4, 0.5) is 0 Å². The molecule has 2 aliphatic heterocycles. The number of carbonyl (C=O) groups excluding carboxylic acids is 1. The van der Waals surface area contributed by atoms with Gasteiger partial charge in [-0.1, -0.05) is 0 Å². The van der Waals surface area contributed by atoms with Gasteiger partial charge in [0.15, 0.2) is 6.11 Å². The van der Waals surface area contributed by atoms with Crippen molar-refractivity contribution in [1.29, 1.82) is 0 Å². The molecule has 5 heteroatoms. The summed E-state index contributed by atoms with van der Waals surface area (Å²) < 4.78 is 0. The summed E-state index contributed by atoms with van der Waals surface area (Å²) in [5.74, 6) is 4.74.